The van der Waals surface area contributed by atoms with Crippen LogP contribution in [0.25, 0.3) is 0 Å². The maximum atomic E-state index is 11.7. The molecule has 0 saturated carbocycles. The van der Waals surface area contributed by atoms with Crippen molar-refractivity contribution in [3.63, 3.8) is 0 Å². The zero-order valence-electron chi connectivity index (χ0n) is 18.8. The van der Waals surface area contributed by atoms with E-state index in [-0.39, 0.29) is 12.4 Å². The Morgan fingerprint density at radius 2 is 1.17 bits per heavy atom. The van der Waals surface area contributed by atoms with E-state index in [1.54, 1.807) is 0 Å². The minimum Gasteiger partial charge on any atom is -0.481 e. The van der Waals surface area contributed by atoms with Crippen molar-refractivity contribution >= 4 is 11.9 Å². The summed E-state index contributed by atoms with van der Waals surface area (Å²) in [5.74, 6) is -0.0697. The average Bonchev–Trinajstić information content (AvgIpc) is 2.68. The Balaban J connectivity index is 3.30. The fourth-order valence-corrected chi connectivity index (χ4v) is 3.56. The highest BCUT2D eigenvalue weighted by Gasteiger charge is 2.05. The van der Waals surface area contributed by atoms with Gasteiger partial charge in [0.05, 0.1) is 6.61 Å². The Bertz CT molecular complexity index is 383. The first kappa shape index (κ1) is 27.9. The molecule has 2 N–H and O–H groups in total. The third-order valence-electron chi connectivity index (χ3n) is 5.48. The summed E-state index contributed by atoms with van der Waals surface area (Å²) in [6, 6.07) is 0. The Labute approximate surface area is 178 Å². The standard InChI is InChI=1S/C24H46O5/c1-22(16-10-8-12-18-23(26)27)17-11-9-13-19-24(28)29-21-15-7-5-3-2-4-6-14-20-25/h22,25H,2-21H2,1H3,(H,26,27). The summed E-state index contributed by atoms with van der Waals surface area (Å²) in [5.41, 5.74) is 0. The highest BCUT2D eigenvalue weighted by Crippen LogP contribution is 2.17. The summed E-state index contributed by atoms with van der Waals surface area (Å²) in [7, 11) is 0. The number of carboxylic acid groups (broad SMARTS) is 1. The fraction of sp³-hybridized carbons (Fsp3) is 0.917. The number of aliphatic carboxylic acids is 1. The van der Waals surface area contributed by atoms with Gasteiger partial charge in [-0.3, -0.25) is 9.59 Å². The number of carbonyl (C=O) groups is 2. The molecular formula is C24H46O5. The molecule has 0 radical (unpaired) electrons. The minimum atomic E-state index is -0.696. The van der Waals surface area contributed by atoms with Gasteiger partial charge in [-0.2, -0.15) is 0 Å². The van der Waals surface area contributed by atoms with Crippen molar-refractivity contribution in [1.29, 1.82) is 0 Å². The molecule has 5 heteroatoms. The van der Waals surface area contributed by atoms with Crippen LogP contribution in [0.2, 0.25) is 0 Å². The van der Waals surface area contributed by atoms with Gasteiger partial charge in [-0.1, -0.05) is 84.0 Å². The number of aliphatic hydroxyl groups excluding tert-OH is 1. The first-order valence-electron chi connectivity index (χ1n) is 12.0. The summed E-state index contributed by atoms with van der Waals surface area (Å²) in [4.78, 5) is 22.2. The summed E-state index contributed by atoms with van der Waals surface area (Å²) in [6.45, 7) is 3.13. The number of esters is 1. The highest BCUT2D eigenvalue weighted by molar-refractivity contribution is 5.69. The SMILES string of the molecule is CC(CCCCCC(=O)O)CCCCCC(=O)OCCCCCCCCCCO. The van der Waals surface area contributed by atoms with Gasteiger partial charge < -0.3 is 14.9 Å². The van der Waals surface area contributed by atoms with E-state index in [0.717, 1.165) is 64.2 Å². The van der Waals surface area contributed by atoms with Crippen molar-refractivity contribution in [3.05, 3.63) is 0 Å². The number of unbranched alkanes of at least 4 members (excludes halogenated alkanes) is 11. The van der Waals surface area contributed by atoms with E-state index in [4.69, 9.17) is 14.9 Å². The molecule has 0 saturated heterocycles. The number of rotatable bonds is 22. The van der Waals surface area contributed by atoms with Crippen LogP contribution in [0.5, 0.6) is 0 Å². The van der Waals surface area contributed by atoms with Crippen molar-refractivity contribution in [2.45, 2.75) is 122 Å². The molecule has 0 heterocycles. The normalized spacial score (nSPS) is 12.1. The number of aliphatic hydroxyl groups is 1. The van der Waals surface area contributed by atoms with Crippen LogP contribution in [-0.2, 0) is 14.3 Å². The molecule has 0 aromatic heterocycles. The molecular weight excluding hydrogens is 368 g/mol. The molecule has 0 spiro atoms. The monoisotopic (exact) mass is 414 g/mol. The zero-order valence-corrected chi connectivity index (χ0v) is 18.8. The maximum Gasteiger partial charge on any atom is 0.305 e. The molecule has 0 aromatic rings. The Hall–Kier alpha value is -1.10. The zero-order chi connectivity index (χ0) is 21.6. The Kier molecular flexibility index (Phi) is 20.8. The van der Waals surface area contributed by atoms with Crippen LogP contribution >= 0.6 is 0 Å². The number of hydrogen-bond donors (Lipinski definition) is 2. The van der Waals surface area contributed by atoms with Crippen LogP contribution in [0.1, 0.15) is 122 Å². The van der Waals surface area contributed by atoms with Gasteiger partial charge in [0.2, 0.25) is 0 Å². The maximum absolute atomic E-state index is 11.7. The lowest BCUT2D eigenvalue weighted by Crippen LogP contribution is -2.05. The number of hydrogen-bond acceptors (Lipinski definition) is 4. The van der Waals surface area contributed by atoms with Gasteiger partial charge in [0.1, 0.15) is 0 Å². The van der Waals surface area contributed by atoms with E-state index >= 15 is 0 Å². The summed E-state index contributed by atoms with van der Waals surface area (Å²) in [6.07, 6.45) is 18.3. The molecule has 0 fully saturated rings. The largest absolute Gasteiger partial charge is 0.481 e. The van der Waals surface area contributed by atoms with Gasteiger partial charge in [-0.15, -0.1) is 0 Å². The molecule has 172 valence electrons. The van der Waals surface area contributed by atoms with Crippen molar-refractivity contribution in [2.75, 3.05) is 13.2 Å². The second kappa shape index (κ2) is 21.6. The quantitative estimate of drug-likeness (QED) is 0.161. The molecule has 0 aliphatic carbocycles. The van der Waals surface area contributed by atoms with Crippen molar-refractivity contribution < 1.29 is 24.5 Å². The predicted octanol–water partition coefficient (Wildman–Crippen LogP) is 6.26. The Morgan fingerprint density at radius 1 is 0.690 bits per heavy atom. The van der Waals surface area contributed by atoms with E-state index in [2.05, 4.69) is 6.92 Å². The second-order valence-electron chi connectivity index (χ2n) is 8.47. The van der Waals surface area contributed by atoms with E-state index in [0.29, 0.717) is 25.6 Å². The van der Waals surface area contributed by atoms with Gasteiger partial charge in [0, 0.05) is 19.4 Å². The van der Waals surface area contributed by atoms with E-state index in [1.165, 1.54) is 38.5 Å². The molecule has 29 heavy (non-hydrogen) atoms. The third kappa shape index (κ3) is 23.0. The molecule has 1 unspecified atom stereocenters. The Morgan fingerprint density at radius 3 is 1.72 bits per heavy atom. The first-order chi connectivity index (χ1) is 14.1. The molecule has 0 aliphatic heterocycles. The minimum absolute atomic E-state index is 0.0551. The van der Waals surface area contributed by atoms with Crippen LogP contribution in [0.3, 0.4) is 0 Å². The lowest BCUT2D eigenvalue weighted by atomic mass is 9.96. The van der Waals surface area contributed by atoms with Crippen LogP contribution in [0.15, 0.2) is 0 Å². The lowest BCUT2D eigenvalue weighted by molar-refractivity contribution is -0.144. The van der Waals surface area contributed by atoms with Gasteiger partial charge in [0.25, 0.3) is 0 Å². The molecule has 0 amide bonds. The summed E-state index contributed by atoms with van der Waals surface area (Å²) in [5, 5.41) is 17.3. The molecule has 0 rings (SSSR count). The smallest absolute Gasteiger partial charge is 0.305 e. The van der Waals surface area contributed by atoms with Crippen LogP contribution in [-0.4, -0.2) is 35.4 Å². The molecule has 5 nitrogen and oxygen atoms in total. The number of carboxylic acids is 1. The van der Waals surface area contributed by atoms with Gasteiger partial charge >= 0.3 is 11.9 Å². The highest BCUT2D eigenvalue weighted by atomic mass is 16.5. The van der Waals surface area contributed by atoms with Gasteiger partial charge in [0.15, 0.2) is 0 Å². The van der Waals surface area contributed by atoms with Crippen LogP contribution < -0.4 is 0 Å². The van der Waals surface area contributed by atoms with Crippen LogP contribution in [0, 0.1) is 5.92 Å². The third-order valence-corrected chi connectivity index (χ3v) is 5.48. The fourth-order valence-electron chi connectivity index (χ4n) is 3.56. The molecule has 0 aliphatic rings. The van der Waals surface area contributed by atoms with Crippen molar-refractivity contribution in [1.82, 2.24) is 0 Å². The van der Waals surface area contributed by atoms with Crippen molar-refractivity contribution in [3.8, 4) is 0 Å². The number of carbonyl (C=O) groups excluding carboxylic acids is 1. The second-order valence-corrected chi connectivity index (χ2v) is 8.47. The van der Waals surface area contributed by atoms with E-state index in [9.17, 15) is 9.59 Å². The summed E-state index contributed by atoms with van der Waals surface area (Å²) < 4.78 is 5.31. The molecule has 0 bridgehead atoms. The summed E-state index contributed by atoms with van der Waals surface area (Å²) >= 11 is 0. The van der Waals surface area contributed by atoms with E-state index in [1.807, 2.05) is 0 Å². The predicted molar refractivity (Wildman–Crippen MR) is 118 cm³/mol. The van der Waals surface area contributed by atoms with Gasteiger partial charge in [-0.05, 0) is 31.6 Å². The van der Waals surface area contributed by atoms with Crippen molar-refractivity contribution in [2.24, 2.45) is 5.92 Å². The number of ether oxygens (including phenoxy) is 1. The van der Waals surface area contributed by atoms with E-state index < -0.39 is 5.97 Å². The average molecular weight is 415 g/mol. The van der Waals surface area contributed by atoms with Crippen LogP contribution in [0.4, 0.5) is 0 Å². The topological polar surface area (TPSA) is 83.8 Å². The lowest BCUT2D eigenvalue weighted by Gasteiger charge is -2.10. The molecule has 1 atom stereocenters. The van der Waals surface area contributed by atoms with Gasteiger partial charge in [-0.25, -0.2) is 0 Å². The molecule has 0 aromatic carbocycles. The first-order valence-corrected chi connectivity index (χ1v) is 12.0.